The van der Waals surface area contributed by atoms with Gasteiger partial charge in [0.15, 0.2) is 0 Å². The zero-order chi connectivity index (χ0) is 20.1. The number of para-hydroxylation sites is 1. The number of carbonyl (C=O) groups is 1. The first kappa shape index (κ1) is 20.6. The Bertz CT molecular complexity index is 959. The molecule has 7 nitrogen and oxygen atoms in total. The fourth-order valence-electron chi connectivity index (χ4n) is 2.90. The lowest BCUT2D eigenvalue weighted by Crippen LogP contribution is -2.32. The molecule has 1 fully saturated rings. The van der Waals surface area contributed by atoms with Crippen LogP contribution in [0.4, 0.5) is 5.69 Å². The molecule has 0 bridgehead atoms. The molecule has 9 heteroatoms. The number of carbonyl (C=O) groups excluding carboxylic acids is 1. The van der Waals surface area contributed by atoms with Gasteiger partial charge in [0, 0.05) is 13.2 Å². The first-order chi connectivity index (χ1) is 13.4. The van der Waals surface area contributed by atoms with Crippen LogP contribution < -0.4 is 14.8 Å². The van der Waals surface area contributed by atoms with Crippen LogP contribution in [0.2, 0.25) is 0 Å². The largest absolute Gasteiger partial charge is 0.496 e. The second-order valence-corrected chi connectivity index (χ2v) is 8.83. The van der Waals surface area contributed by atoms with Gasteiger partial charge in [-0.15, -0.1) is 0 Å². The van der Waals surface area contributed by atoms with Crippen LogP contribution in [0.5, 0.6) is 5.75 Å². The Balaban J connectivity index is 1.78. The Hall–Kier alpha value is -2.10. The van der Waals surface area contributed by atoms with Gasteiger partial charge in [0.05, 0.1) is 33.8 Å². The topological polar surface area (TPSA) is 93.7 Å². The highest BCUT2D eigenvalue weighted by Gasteiger charge is 2.21. The number of nitrogens with one attached hydrogen (secondary N) is 2. The van der Waals surface area contributed by atoms with E-state index in [0.29, 0.717) is 23.4 Å². The van der Waals surface area contributed by atoms with Crippen molar-refractivity contribution in [1.29, 1.82) is 0 Å². The van der Waals surface area contributed by atoms with Crippen LogP contribution in [0.25, 0.3) is 0 Å². The number of rotatable bonds is 7. The normalized spacial score (nSPS) is 16.6. The van der Waals surface area contributed by atoms with Gasteiger partial charge in [-0.3, -0.25) is 9.52 Å². The van der Waals surface area contributed by atoms with E-state index in [1.54, 1.807) is 30.3 Å². The molecule has 2 aromatic rings. The first-order valence-electron chi connectivity index (χ1n) is 8.76. The third-order valence-electron chi connectivity index (χ3n) is 4.36. The van der Waals surface area contributed by atoms with Gasteiger partial charge in [-0.25, -0.2) is 8.42 Å². The summed E-state index contributed by atoms with van der Waals surface area (Å²) in [6.45, 7) is 1.10. The van der Waals surface area contributed by atoms with Crippen LogP contribution in [-0.4, -0.2) is 40.7 Å². The van der Waals surface area contributed by atoms with Crippen LogP contribution in [-0.2, 0) is 14.8 Å². The monoisotopic (exact) mass is 468 g/mol. The second kappa shape index (κ2) is 8.93. The van der Waals surface area contributed by atoms with Gasteiger partial charge in [0.2, 0.25) is 0 Å². The summed E-state index contributed by atoms with van der Waals surface area (Å²) in [6, 6.07) is 10.9. The number of halogens is 1. The highest BCUT2D eigenvalue weighted by atomic mass is 79.9. The maximum absolute atomic E-state index is 12.8. The van der Waals surface area contributed by atoms with E-state index in [0.717, 1.165) is 12.8 Å². The van der Waals surface area contributed by atoms with E-state index in [-0.39, 0.29) is 28.2 Å². The van der Waals surface area contributed by atoms with Gasteiger partial charge in [-0.2, -0.15) is 0 Å². The van der Waals surface area contributed by atoms with Crippen molar-refractivity contribution < 1.29 is 22.7 Å². The van der Waals surface area contributed by atoms with Crippen LogP contribution in [0.1, 0.15) is 23.2 Å². The third-order valence-corrected chi connectivity index (χ3v) is 6.35. The van der Waals surface area contributed by atoms with Crippen molar-refractivity contribution in [2.45, 2.75) is 23.8 Å². The van der Waals surface area contributed by atoms with Gasteiger partial charge in [0.25, 0.3) is 15.9 Å². The molecule has 2 aromatic carbocycles. The Morgan fingerprint density at radius 1 is 1.29 bits per heavy atom. The van der Waals surface area contributed by atoms with Crippen molar-refractivity contribution in [2.75, 3.05) is 25.0 Å². The summed E-state index contributed by atoms with van der Waals surface area (Å²) >= 11 is 3.28. The van der Waals surface area contributed by atoms with Gasteiger partial charge in [-0.1, -0.05) is 12.1 Å². The van der Waals surface area contributed by atoms with Crippen molar-refractivity contribution in [3.05, 3.63) is 52.5 Å². The van der Waals surface area contributed by atoms with E-state index in [9.17, 15) is 13.2 Å². The van der Waals surface area contributed by atoms with Crippen molar-refractivity contribution in [3.63, 3.8) is 0 Å². The Morgan fingerprint density at radius 2 is 2.07 bits per heavy atom. The molecule has 28 heavy (non-hydrogen) atoms. The number of ether oxygens (including phenoxy) is 2. The van der Waals surface area contributed by atoms with Gasteiger partial charge < -0.3 is 14.8 Å². The number of amides is 1. The molecule has 0 saturated carbocycles. The summed E-state index contributed by atoms with van der Waals surface area (Å²) in [5.74, 6) is 0.164. The molecule has 0 spiro atoms. The molecule has 1 amide bonds. The zero-order valence-electron chi connectivity index (χ0n) is 15.3. The van der Waals surface area contributed by atoms with Crippen LogP contribution in [0, 0.1) is 0 Å². The zero-order valence-corrected chi connectivity index (χ0v) is 17.7. The van der Waals surface area contributed by atoms with Gasteiger partial charge >= 0.3 is 0 Å². The van der Waals surface area contributed by atoms with E-state index in [1.807, 2.05) is 0 Å². The lowest BCUT2D eigenvalue weighted by atomic mass is 10.1. The average molecular weight is 469 g/mol. The molecular formula is C19H21BrN2O5S. The summed E-state index contributed by atoms with van der Waals surface area (Å²) in [5.41, 5.74) is 0.455. The molecule has 1 heterocycles. The minimum Gasteiger partial charge on any atom is -0.496 e. The van der Waals surface area contributed by atoms with E-state index in [2.05, 4.69) is 26.0 Å². The second-order valence-electron chi connectivity index (χ2n) is 6.29. The van der Waals surface area contributed by atoms with Crippen LogP contribution in [0.3, 0.4) is 0 Å². The quantitative estimate of drug-likeness (QED) is 0.650. The fourth-order valence-corrected chi connectivity index (χ4v) is 4.69. The number of hydrogen-bond acceptors (Lipinski definition) is 5. The maximum atomic E-state index is 12.8. The summed E-state index contributed by atoms with van der Waals surface area (Å²) in [5, 5.41) is 2.81. The van der Waals surface area contributed by atoms with E-state index in [1.165, 1.54) is 19.2 Å². The number of hydrogen-bond donors (Lipinski definition) is 2. The number of methoxy groups -OCH3 is 1. The Kier molecular flexibility index (Phi) is 6.58. The van der Waals surface area contributed by atoms with Gasteiger partial charge in [0.1, 0.15) is 5.75 Å². The lowest BCUT2D eigenvalue weighted by Gasteiger charge is -2.15. The van der Waals surface area contributed by atoms with Crippen molar-refractivity contribution in [1.82, 2.24) is 5.32 Å². The molecule has 1 atom stereocenters. The SMILES string of the molecule is COc1ccc(S(=O)(=O)Nc2ccccc2C(=O)NC[C@H]2CCCO2)cc1Br. The predicted octanol–water partition coefficient (Wildman–Crippen LogP) is 3.17. The molecule has 1 aliphatic heterocycles. The highest BCUT2D eigenvalue weighted by molar-refractivity contribution is 9.10. The molecule has 0 aliphatic carbocycles. The van der Waals surface area contributed by atoms with Crippen molar-refractivity contribution >= 4 is 37.5 Å². The summed E-state index contributed by atoms with van der Waals surface area (Å²) in [6.07, 6.45) is 1.89. The molecule has 1 aliphatic rings. The minimum absolute atomic E-state index is 0.00412. The smallest absolute Gasteiger partial charge is 0.261 e. The molecule has 1 saturated heterocycles. The molecule has 0 radical (unpaired) electrons. The Morgan fingerprint density at radius 3 is 2.75 bits per heavy atom. The van der Waals surface area contributed by atoms with E-state index >= 15 is 0 Å². The van der Waals surface area contributed by atoms with Crippen molar-refractivity contribution in [3.8, 4) is 5.75 Å². The summed E-state index contributed by atoms with van der Waals surface area (Å²) in [7, 11) is -2.39. The molecular weight excluding hydrogens is 448 g/mol. The molecule has 0 unspecified atom stereocenters. The van der Waals surface area contributed by atoms with Crippen LogP contribution in [0.15, 0.2) is 51.8 Å². The highest BCUT2D eigenvalue weighted by Crippen LogP contribution is 2.29. The van der Waals surface area contributed by atoms with E-state index < -0.39 is 10.0 Å². The first-order valence-corrected chi connectivity index (χ1v) is 11.0. The third kappa shape index (κ3) is 4.84. The number of anilines is 1. The van der Waals surface area contributed by atoms with Gasteiger partial charge in [-0.05, 0) is 59.1 Å². The van der Waals surface area contributed by atoms with E-state index in [4.69, 9.17) is 9.47 Å². The standard InChI is InChI=1S/C19H21BrN2O5S/c1-26-18-9-8-14(11-16(18)20)28(24,25)22-17-7-3-2-6-15(17)19(23)21-12-13-5-4-10-27-13/h2-3,6-9,11,13,22H,4-5,10,12H2,1H3,(H,21,23)/t13-/m1/s1. The molecule has 3 rings (SSSR count). The van der Waals surface area contributed by atoms with Crippen LogP contribution >= 0.6 is 15.9 Å². The fraction of sp³-hybridized carbons (Fsp3) is 0.316. The number of benzene rings is 2. The molecule has 2 N–H and O–H groups in total. The summed E-state index contributed by atoms with van der Waals surface area (Å²) < 4.78 is 39.2. The lowest BCUT2D eigenvalue weighted by molar-refractivity contribution is 0.0858. The number of sulfonamides is 1. The van der Waals surface area contributed by atoms with Crippen molar-refractivity contribution in [2.24, 2.45) is 0 Å². The molecule has 0 aromatic heterocycles. The maximum Gasteiger partial charge on any atom is 0.261 e. The minimum atomic E-state index is -3.89. The Labute approximate surface area is 172 Å². The summed E-state index contributed by atoms with van der Waals surface area (Å²) in [4.78, 5) is 12.6. The average Bonchev–Trinajstić information content (AvgIpc) is 3.20. The molecule has 150 valence electrons. The predicted molar refractivity (Wildman–Crippen MR) is 109 cm³/mol.